The molecular formula is C12H16N6O3S2. The molecule has 2 rings (SSSR count). The van der Waals surface area contributed by atoms with E-state index >= 15 is 0 Å². The molecule has 3 N–H and O–H groups in total. The number of aromatic nitrogens is 4. The molecule has 2 aromatic rings. The molecule has 0 unspecified atom stereocenters. The standard InChI is InChI=1S/C12H16N6O3S2/c1-3-21-10(20)4-8-5-22-11(14-8)15-9(19)6-23-12-17-16-7(2)18(12)13/h5H,3-4,6,13H2,1-2H3,(H,14,15,19). The van der Waals surface area contributed by atoms with Crippen molar-refractivity contribution in [2.45, 2.75) is 25.4 Å². The van der Waals surface area contributed by atoms with Gasteiger partial charge in [-0.2, -0.15) is 0 Å². The second-order valence-electron chi connectivity index (χ2n) is 4.36. The predicted octanol–water partition coefficient (Wildman–Crippen LogP) is 0.593. The zero-order valence-corrected chi connectivity index (χ0v) is 14.2. The molecule has 2 heterocycles. The minimum absolute atomic E-state index is 0.0878. The number of esters is 1. The van der Waals surface area contributed by atoms with E-state index in [2.05, 4.69) is 20.5 Å². The molecular weight excluding hydrogens is 340 g/mol. The third-order valence-electron chi connectivity index (χ3n) is 2.60. The second-order valence-corrected chi connectivity index (χ2v) is 6.16. The summed E-state index contributed by atoms with van der Waals surface area (Å²) in [6, 6.07) is 0. The van der Waals surface area contributed by atoms with Gasteiger partial charge in [-0.1, -0.05) is 11.8 Å². The number of hydrogen-bond acceptors (Lipinski definition) is 9. The third-order valence-corrected chi connectivity index (χ3v) is 4.35. The highest BCUT2D eigenvalue weighted by Crippen LogP contribution is 2.18. The summed E-state index contributed by atoms with van der Waals surface area (Å²) < 4.78 is 6.16. The molecule has 23 heavy (non-hydrogen) atoms. The van der Waals surface area contributed by atoms with Crippen molar-refractivity contribution >= 4 is 40.1 Å². The first-order valence-corrected chi connectivity index (χ1v) is 8.56. The van der Waals surface area contributed by atoms with E-state index < -0.39 is 0 Å². The van der Waals surface area contributed by atoms with Gasteiger partial charge in [0.05, 0.1) is 24.5 Å². The van der Waals surface area contributed by atoms with Crippen molar-refractivity contribution in [3.63, 3.8) is 0 Å². The van der Waals surface area contributed by atoms with E-state index in [-0.39, 0.29) is 24.1 Å². The molecule has 0 fully saturated rings. The van der Waals surface area contributed by atoms with Gasteiger partial charge in [0.2, 0.25) is 11.1 Å². The Morgan fingerprint density at radius 2 is 2.26 bits per heavy atom. The maximum atomic E-state index is 11.9. The summed E-state index contributed by atoms with van der Waals surface area (Å²) >= 11 is 2.42. The Labute approximate surface area is 140 Å². The molecule has 0 aliphatic carbocycles. The largest absolute Gasteiger partial charge is 0.466 e. The quantitative estimate of drug-likeness (QED) is 0.419. The first-order chi connectivity index (χ1) is 11.0. The van der Waals surface area contributed by atoms with E-state index in [0.717, 1.165) is 0 Å². The zero-order valence-electron chi connectivity index (χ0n) is 12.6. The summed E-state index contributed by atoms with van der Waals surface area (Å²) in [6.45, 7) is 3.79. The van der Waals surface area contributed by atoms with E-state index in [1.54, 1.807) is 19.2 Å². The van der Waals surface area contributed by atoms with E-state index in [0.29, 0.717) is 28.4 Å². The third kappa shape index (κ3) is 4.93. The highest BCUT2D eigenvalue weighted by Gasteiger charge is 2.12. The number of carbonyl (C=O) groups is 2. The average molecular weight is 356 g/mol. The topological polar surface area (TPSA) is 125 Å². The molecule has 0 radical (unpaired) electrons. The van der Waals surface area contributed by atoms with E-state index in [1.165, 1.54) is 27.8 Å². The van der Waals surface area contributed by atoms with Crippen LogP contribution in [0.25, 0.3) is 0 Å². The number of carbonyl (C=O) groups excluding carboxylic acids is 2. The normalized spacial score (nSPS) is 10.5. The van der Waals surface area contributed by atoms with Crippen molar-refractivity contribution < 1.29 is 14.3 Å². The summed E-state index contributed by atoms with van der Waals surface area (Å²) in [5.41, 5.74) is 0.564. The van der Waals surface area contributed by atoms with Crippen LogP contribution in [0.2, 0.25) is 0 Å². The van der Waals surface area contributed by atoms with Crippen LogP contribution >= 0.6 is 23.1 Å². The van der Waals surface area contributed by atoms with Crippen LogP contribution in [0.5, 0.6) is 0 Å². The molecule has 9 nitrogen and oxygen atoms in total. The molecule has 0 saturated heterocycles. The van der Waals surface area contributed by atoms with Crippen molar-refractivity contribution in [2.24, 2.45) is 0 Å². The summed E-state index contributed by atoms with van der Waals surface area (Å²) in [4.78, 5) is 27.4. The lowest BCUT2D eigenvalue weighted by atomic mass is 10.3. The summed E-state index contributed by atoms with van der Waals surface area (Å²) in [7, 11) is 0. The van der Waals surface area contributed by atoms with Crippen LogP contribution in [0.3, 0.4) is 0 Å². The van der Waals surface area contributed by atoms with Gasteiger partial charge in [0.25, 0.3) is 0 Å². The highest BCUT2D eigenvalue weighted by molar-refractivity contribution is 7.99. The van der Waals surface area contributed by atoms with Gasteiger partial charge in [0, 0.05) is 5.38 Å². The monoisotopic (exact) mass is 356 g/mol. The SMILES string of the molecule is CCOC(=O)Cc1csc(NC(=O)CSc2nnc(C)n2N)n1. The van der Waals surface area contributed by atoms with Gasteiger partial charge in [-0.3, -0.25) is 9.59 Å². The summed E-state index contributed by atoms with van der Waals surface area (Å²) in [6.07, 6.45) is 0.0878. The maximum absolute atomic E-state index is 11.9. The van der Waals surface area contributed by atoms with E-state index in [1.807, 2.05) is 0 Å². The van der Waals surface area contributed by atoms with Crippen LogP contribution in [0.1, 0.15) is 18.4 Å². The average Bonchev–Trinajstić information content (AvgIpc) is 3.05. The number of nitrogen functional groups attached to an aromatic ring is 1. The minimum atomic E-state index is -0.344. The Morgan fingerprint density at radius 1 is 1.48 bits per heavy atom. The molecule has 0 saturated carbocycles. The van der Waals surface area contributed by atoms with Crippen molar-refractivity contribution in [1.29, 1.82) is 0 Å². The lowest BCUT2D eigenvalue weighted by molar-refractivity contribution is -0.142. The fourth-order valence-corrected chi connectivity index (χ4v) is 2.97. The number of hydrogen-bond donors (Lipinski definition) is 2. The van der Waals surface area contributed by atoms with Gasteiger partial charge < -0.3 is 15.9 Å². The number of anilines is 1. The Kier molecular flexibility index (Phi) is 5.93. The summed E-state index contributed by atoms with van der Waals surface area (Å²) in [5.74, 6) is 5.81. The molecule has 0 bridgehead atoms. The fourth-order valence-electron chi connectivity index (χ4n) is 1.54. The van der Waals surface area contributed by atoms with Crippen molar-refractivity contribution in [2.75, 3.05) is 23.5 Å². The molecule has 0 atom stereocenters. The number of amides is 1. The molecule has 0 aliphatic heterocycles. The lowest BCUT2D eigenvalue weighted by Gasteiger charge is -2.02. The molecule has 0 aliphatic rings. The molecule has 11 heteroatoms. The Hall–Kier alpha value is -2.14. The van der Waals surface area contributed by atoms with Crippen LogP contribution in [0, 0.1) is 6.92 Å². The van der Waals surface area contributed by atoms with E-state index in [9.17, 15) is 9.59 Å². The number of rotatable bonds is 7. The van der Waals surface area contributed by atoms with Gasteiger partial charge in [-0.05, 0) is 13.8 Å². The second kappa shape index (κ2) is 7.92. The lowest BCUT2D eigenvalue weighted by Crippen LogP contribution is -2.16. The number of ether oxygens (including phenoxy) is 1. The van der Waals surface area contributed by atoms with E-state index in [4.69, 9.17) is 10.6 Å². The first kappa shape index (κ1) is 17.2. The van der Waals surface area contributed by atoms with Crippen LogP contribution in [0.4, 0.5) is 5.13 Å². The molecule has 1 amide bonds. The van der Waals surface area contributed by atoms with Crippen LogP contribution in [-0.4, -0.2) is 44.1 Å². The number of nitrogens with one attached hydrogen (secondary N) is 1. The zero-order chi connectivity index (χ0) is 16.8. The molecule has 2 aromatic heterocycles. The van der Waals surface area contributed by atoms with Crippen LogP contribution in [-0.2, 0) is 20.7 Å². The molecule has 0 spiro atoms. The Balaban J connectivity index is 1.82. The van der Waals surface area contributed by atoms with Gasteiger partial charge in [-0.15, -0.1) is 21.5 Å². The number of thiazole rings is 1. The van der Waals surface area contributed by atoms with Crippen LogP contribution in [0.15, 0.2) is 10.5 Å². The summed E-state index contributed by atoms with van der Waals surface area (Å²) in [5, 5.41) is 12.9. The van der Waals surface area contributed by atoms with Gasteiger partial charge in [-0.25, -0.2) is 9.66 Å². The maximum Gasteiger partial charge on any atom is 0.311 e. The predicted molar refractivity (Wildman–Crippen MR) is 86.7 cm³/mol. The van der Waals surface area contributed by atoms with Crippen molar-refractivity contribution in [3.8, 4) is 0 Å². The smallest absolute Gasteiger partial charge is 0.311 e. The Morgan fingerprint density at radius 3 is 2.91 bits per heavy atom. The Bertz CT molecular complexity index is 699. The molecule has 124 valence electrons. The number of aryl methyl sites for hydroxylation is 1. The fraction of sp³-hybridized carbons (Fsp3) is 0.417. The minimum Gasteiger partial charge on any atom is -0.466 e. The number of nitrogens with zero attached hydrogens (tertiary/aromatic N) is 4. The van der Waals surface area contributed by atoms with Gasteiger partial charge >= 0.3 is 5.97 Å². The highest BCUT2D eigenvalue weighted by atomic mass is 32.2. The molecule has 0 aromatic carbocycles. The van der Waals surface area contributed by atoms with Crippen molar-refractivity contribution in [3.05, 3.63) is 16.9 Å². The number of thioether (sulfide) groups is 1. The number of nitrogens with two attached hydrogens (primary N) is 1. The first-order valence-electron chi connectivity index (χ1n) is 6.69. The van der Waals surface area contributed by atoms with Crippen molar-refractivity contribution in [1.82, 2.24) is 19.9 Å². The van der Waals surface area contributed by atoms with Gasteiger partial charge in [0.1, 0.15) is 5.82 Å². The van der Waals surface area contributed by atoms with Crippen LogP contribution < -0.4 is 11.2 Å². The van der Waals surface area contributed by atoms with Gasteiger partial charge in [0.15, 0.2) is 5.13 Å².